The number of nitrogens with one attached hydrogen (secondary N) is 2. The van der Waals surface area contributed by atoms with E-state index in [1.165, 1.54) is 6.92 Å². The summed E-state index contributed by atoms with van der Waals surface area (Å²) in [5, 5.41) is 5.42. The lowest BCUT2D eigenvalue weighted by molar-refractivity contribution is -0.117. The van der Waals surface area contributed by atoms with E-state index in [2.05, 4.69) is 10.6 Å². The highest BCUT2D eigenvalue weighted by Gasteiger charge is 2.03. The van der Waals surface area contributed by atoms with Crippen LogP contribution in [-0.2, 0) is 9.59 Å². The summed E-state index contributed by atoms with van der Waals surface area (Å²) in [4.78, 5) is 24.1. The minimum Gasteiger partial charge on any atom is -0.326 e. The first-order valence-electron chi connectivity index (χ1n) is 5.29. The van der Waals surface area contributed by atoms with Gasteiger partial charge in [0.2, 0.25) is 11.8 Å². The van der Waals surface area contributed by atoms with Gasteiger partial charge in [0, 0.05) is 18.3 Å². The zero-order valence-corrected chi connectivity index (χ0v) is 10.3. The van der Waals surface area contributed by atoms with Crippen molar-refractivity contribution in [2.75, 3.05) is 31.3 Å². The SMILES string of the molecule is CC(=O)Nc1ccc(NC(=O)CN(C)C)cc1. The molecule has 0 fully saturated rings. The second-order valence-electron chi connectivity index (χ2n) is 4.04. The number of nitrogens with zero attached hydrogens (tertiary/aromatic N) is 1. The van der Waals surface area contributed by atoms with Gasteiger partial charge in [-0.05, 0) is 38.4 Å². The molecule has 2 amide bonds. The Bertz CT molecular complexity index is 399. The molecule has 0 heterocycles. The Labute approximate surface area is 101 Å². The van der Waals surface area contributed by atoms with Gasteiger partial charge in [0.25, 0.3) is 0 Å². The molecule has 0 aromatic heterocycles. The van der Waals surface area contributed by atoms with Crippen molar-refractivity contribution in [1.29, 1.82) is 0 Å². The molecule has 0 aliphatic heterocycles. The zero-order valence-electron chi connectivity index (χ0n) is 10.3. The molecule has 0 saturated heterocycles. The highest BCUT2D eigenvalue weighted by molar-refractivity contribution is 5.93. The van der Waals surface area contributed by atoms with Crippen LogP contribution in [0.4, 0.5) is 11.4 Å². The summed E-state index contributed by atoms with van der Waals surface area (Å²) in [5.41, 5.74) is 1.43. The monoisotopic (exact) mass is 235 g/mol. The van der Waals surface area contributed by atoms with Crippen LogP contribution in [0.15, 0.2) is 24.3 Å². The van der Waals surface area contributed by atoms with Gasteiger partial charge in [0.05, 0.1) is 6.54 Å². The Hall–Kier alpha value is -1.88. The fourth-order valence-electron chi connectivity index (χ4n) is 1.33. The molecule has 0 aliphatic carbocycles. The number of carbonyl (C=O) groups is 2. The molecular formula is C12H17N3O2. The maximum atomic E-state index is 11.5. The van der Waals surface area contributed by atoms with E-state index in [1.807, 2.05) is 14.1 Å². The van der Waals surface area contributed by atoms with Crippen LogP contribution in [0.5, 0.6) is 0 Å². The van der Waals surface area contributed by atoms with E-state index >= 15 is 0 Å². The fraction of sp³-hybridized carbons (Fsp3) is 0.333. The number of amides is 2. The van der Waals surface area contributed by atoms with Gasteiger partial charge < -0.3 is 15.5 Å². The van der Waals surface area contributed by atoms with Gasteiger partial charge in [0.1, 0.15) is 0 Å². The molecule has 0 atom stereocenters. The van der Waals surface area contributed by atoms with E-state index < -0.39 is 0 Å². The number of benzene rings is 1. The van der Waals surface area contributed by atoms with Crippen molar-refractivity contribution in [1.82, 2.24) is 4.90 Å². The molecule has 0 bridgehead atoms. The maximum absolute atomic E-state index is 11.5. The Morgan fingerprint density at radius 3 is 1.94 bits per heavy atom. The molecule has 0 saturated carbocycles. The summed E-state index contributed by atoms with van der Waals surface area (Å²) in [5.74, 6) is -0.184. The summed E-state index contributed by atoms with van der Waals surface area (Å²) >= 11 is 0. The first-order valence-corrected chi connectivity index (χ1v) is 5.29. The molecular weight excluding hydrogens is 218 g/mol. The number of rotatable bonds is 4. The third-order valence-corrected chi connectivity index (χ3v) is 1.95. The van der Waals surface area contributed by atoms with Gasteiger partial charge in [-0.3, -0.25) is 9.59 Å². The van der Waals surface area contributed by atoms with Crippen LogP contribution >= 0.6 is 0 Å². The number of hydrogen-bond donors (Lipinski definition) is 2. The topological polar surface area (TPSA) is 61.4 Å². The molecule has 0 spiro atoms. The summed E-state index contributed by atoms with van der Waals surface area (Å²) in [7, 11) is 3.67. The highest BCUT2D eigenvalue weighted by atomic mass is 16.2. The van der Waals surface area contributed by atoms with Crippen molar-refractivity contribution in [3.8, 4) is 0 Å². The van der Waals surface area contributed by atoms with Crippen molar-refractivity contribution in [3.05, 3.63) is 24.3 Å². The quantitative estimate of drug-likeness (QED) is 0.822. The van der Waals surface area contributed by atoms with Crippen LogP contribution < -0.4 is 10.6 Å². The maximum Gasteiger partial charge on any atom is 0.238 e. The van der Waals surface area contributed by atoms with E-state index in [9.17, 15) is 9.59 Å². The number of likely N-dealkylation sites (N-methyl/N-ethyl adjacent to an activating group) is 1. The predicted octanol–water partition coefficient (Wildman–Crippen LogP) is 1.15. The molecule has 1 aromatic rings. The molecule has 2 N–H and O–H groups in total. The predicted molar refractivity (Wildman–Crippen MR) is 67.9 cm³/mol. The van der Waals surface area contributed by atoms with Crippen molar-refractivity contribution in [2.24, 2.45) is 0 Å². The minimum absolute atomic E-state index is 0.0673. The number of carbonyl (C=O) groups excluding carboxylic acids is 2. The van der Waals surface area contributed by atoms with Crippen molar-refractivity contribution >= 4 is 23.2 Å². The van der Waals surface area contributed by atoms with Gasteiger partial charge in [-0.2, -0.15) is 0 Å². The zero-order chi connectivity index (χ0) is 12.8. The lowest BCUT2D eigenvalue weighted by Gasteiger charge is -2.10. The van der Waals surface area contributed by atoms with Crippen LogP contribution in [0, 0.1) is 0 Å². The lowest BCUT2D eigenvalue weighted by Crippen LogP contribution is -2.27. The molecule has 1 rings (SSSR count). The molecule has 0 unspecified atom stereocenters. The van der Waals surface area contributed by atoms with Crippen LogP contribution in [-0.4, -0.2) is 37.4 Å². The molecule has 5 nitrogen and oxygen atoms in total. The Kier molecular flexibility index (Phi) is 4.66. The van der Waals surface area contributed by atoms with Crippen molar-refractivity contribution in [3.63, 3.8) is 0 Å². The summed E-state index contributed by atoms with van der Waals surface area (Å²) in [6, 6.07) is 6.98. The van der Waals surface area contributed by atoms with Gasteiger partial charge >= 0.3 is 0 Å². The Morgan fingerprint density at radius 1 is 1.06 bits per heavy atom. The second-order valence-corrected chi connectivity index (χ2v) is 4.04. The van der Waals surface area contributed by atoms with Gasteiger partial charge in [0.15, 0.2) is 0 Å². The number of hydrogen-bond acceptors (Lipinski definition) is 3. The molecule has 0 aliphatic rings. The van der Waals surface area contributed by atoms with E-state index in [0.717, 1.165) is 0 Å². The third kappa shape index (κ3) is 5.12. The average Bonchev–Trinajstić information content (AvgIpc) is 2.18. The summed E-state index contributed by atoms with van der Waals surface area (Å²) in [6.45, 7) is 1.79. The van der Waals surface area contributed by atoms with Gasteiger partial charge in [-0.25, -0.2) is 0 Å². The molecule has 0 radical (unpaired) electrons. The van der Waals surface area contributed by atoms with E-state index in [1.54, 1.807) is 29.2 Å². The smallest absolute Gasteiger partial charge is 0.238 e. The van der Waals surface area contributed by atoms with Crippen molar-refractivity contribution in [2.45, 2.75) is 6.92 Å². The van der Waals surface area contributed by atoms with E-state index in [-0.39, 0.29) is 11.8 Å². The summed E-state index contributed by atoms with van der Waals surface area (Å²) < 4.78 is 0. The molecule has 5 heteroatoms. The van der Waals surface area contributed by atoms with Crippen LogP contribution in [0.25, 0.3) is 0 Å². The minimum atomic E-state index is -0.116. The standard InChI is InChI=1S/C12H17N3O2/c1-9(16)13-10-4-6-11(7-5-10)14-12(17)8-15(2)3/h4-7H,8H2,1-3H3,(H,13,16)(H,14,17). The molecule has 1 aromatic carbocycles. The van der Waals surface area contributed by atoms with E-state index in [0.29, 0.717) is 17.9 Å². The second kappa shape index (κ2) is 6.00. The van der Waals surface area contributed by atoms with E-state index in [4.69, 9.17) is 0 Å². The van der Waals surface area contributed by atoms with Crippen molar-refractivity contribution < 1.29 is 9.59 Å². The Morgan fingerprint density at radius 2 is 1.53 bits per heavy atom. The van der Waals surface area contributed by atoms with Gasteiger partial charge in [-0.1, -0.05) is 0 Å². The highest BCUT2D eigenvalue weighted by Crippen LogP contribution is 2.13. The van der Waals surface area contributed by atoms with Crippen LogP contribution in [0.3, 0.4) is 0 Å². The number of anilines is 2. The first kappa shape index (κ1) is 13.2. The normalized spacial score (nSPS) is 10.1. The fourth-order valence-corrected chi connectivity index (χ4v) is 1.33. The molecule has 92 valence electrons. The lowest BCUT2D eigenvalue weighted by atomic mass is 10.2. The Balaban J connectivity index is 2.56. The van der Waals surface area contributed by atoms with Crippen LogP contribution in [0.2, 0.25) is 0 Å². The third-order valence-electron chi connectivity index (χ3n) is 1.95. The van der Waals surface area contributed by atoms with Gasteiger partial charge in [-0.15, -0.1) is 0 Å². The first-order chi connectivity index (χ1) is 7.97. The summed E-state index contributed by atoms with van der Waals surface area (Å²) in [6.07, 6.45) is 0. The van der Waals surface area contributed by atoms with Crippen LogP contribution in [0.1, 0.15) is 6.92 Å². The average molecular weight is 235 g/mol. The largest absolute Gasteiger partial charge is 0.326 e. The molecule has 17 heavy (non-hydrogen) atoms.